The molecule has 1 aliphatic rings. The summed E-state index contributed by atoms with van der Waals surface area (Å²) in [6.07, 6.45) is 2.13. The molecule has 25 heavy (non-hydrogen) atoms. The number of benzene rings is 1. The molecule has 10 heteroatoms. The predicted molar refractivity (Wildman–Crippen MR) is 85.3 cm³/mol. The summed E-state index contributed by atoms with van der Waals surface area (Å²) in [6, 6.07) is 4.75. The number of imide groups is 2. The number of non-ortho nitro benzene ring substituents is 1. The monoisotopic (exact) mass is 346 g/mol. The van der Waals surface area contributed by atoms with Crippen LogP contribution in [0.2, 0.25) is 0 Å². The van der Waals surface area contributed by atoms with E-state index in [4.69, 9.17) is 0 Å². The molecule has 1 heterocycles. The highest BCUT2D eigenvalue weighted by Crippen LogP contribution is 2.18. The predicted octanol–water partition coefficient (Wildman–Crippen LogP) is 0.756. The van der Waals surface area contributed by atoms with Crippen molar-refractivity contribution in [3.05, 3.63) is 46.7 Å². The Morgan fingerprint density at radius 2 is 1.80 bits per heavy atom. The zero-order valence-corrected chi connectivity index (χ0v) is 13.3. The minimum Gasteiger partial charge on any atom is -0.361 e. The topological polar surface area (TPSA) is 130 Å². The molecule has 0 radical (unpaired) electrons. The van der Waals surface area contributed by atoms with Crippen LogP contribution in [-0.4, -0.2) is 52.4 Å². The maximum absolute atomic E-state index is 12.1. The second-order valence-corrected chi connectivity index (χ2v) is 5.20. The summed E-state index contributed by atoms with van der Waals surface area (Å²) in [5.41, 5.74) is 0.216. The van der Waals surface area contributed by atoms with E-state index in [0.29, 0.717) is 15.5 Å². The number of carbonyl (C=O) groups is 4. The van der Waals surface area contributed by atoms with E-state index >= 15 is 0 Å². The lowest BCUT2D eigenvalue weighted by Crippen LogP contribution is -2.58. The Balaban J connectivity index is 2.11. The summed E-state index contributed by atoms with van der Waals surface area (Å²) in [7, 11) is 2.36. The highest BCUT2D eigenvalue weighted by atomic mass is 16.6. The quantitative estimate of drug-likeness (QED) is 0.360. The fourth-order valence-electron chi connectivity index (χ4n) is 2.18. The Morgan fingerprint density at radius 1 is 1.20 bits per heavy atom. The third-order valence-electron chi connectivity index (χ3n) is 3.57. The van der Waals surface area contributed by atoms with Crippen LogP contribution in [0.5, 0.6) is 0 Å². The number of ketones is 1. The number of carbonyl (C=O) groups excluding carboxylic acids is 4. The van der Waals surface area contributed by atoms with E-state index in [9.17, 15) is 29.3 Å². The third-order valence-corrected chi connectivity index (χ3v) is 3.57. The van der Waals surface area contributed by atoms with E-state index in [1.165, 1.54) is 38.5 Å². The van der Waals surface area contributed by atoms with Gasteiger partial charge in [0.25, 0.3) is 17.5 Å². The number of allylic oxidation sites excluding steroid dienone is 1. The van der Waals surface area contributed by atoms with Gasteiger partial charge in [0.15, 0.2) is 11.7 Å². The summed E-state index contributed by atoms with van der Waals surface area (Å²) in [5, 5.41) is 13.3. The maximum atomic E-state index is 12.1. The highest BCUT2D eigenvalue weighted by Gasteiger charge is 2.45. The number of rotatable bonds is 5. The van der Waals surface area contributed by atoms with Gasteiger partial charge in [0.1, 0.15) is 0 Å². The normalized spacial score (nSPS) is 15.8. The first-order chi connectivity index (χ1) is 11.7. The number of nitrogens with zero attached hydrogens (tertiary/aromatic N) is 3. The number of urea groups is 1. The van der Waals surface area contributed by atoms with Crippen molar-refractivity contribution in [2.24, 2.45) is 5.92 Å². The first kappa shape index (κ1) is 17.8. The molecule has 1 N–H and O–H groups in total. The number of hydrogen-bond donors (Lipinski definition) is 1. The molecule has 1 aromatic rings. The molecule has 0 atom stereocenters. The third kappa shape index (κ3) is 3.52. The van der Waals surface area contributed by atoms with Gasteiger partial charge in [-0.2, -0.15) is 0 Å². The molecule has 0 spiro atoms. The van der Waals surface area contributed by atoms with Crippen molar-refractivity contribution in [2.45, 2.75) is 0 Å². The summed E-state index contributed by atoms with van der Waals surface area (Å²) in [4.78, 5) is 59.3. The molecule has 2 rings (SSSR count). The molecule has 0 bridgehead atoms. The van der Waals surface area contributed by atoms with Gasteiger partial charge < -0.3 is 5.32 Å². The van der Waals surface area contributed by atoms with Crippen molar-refractivity contribution < 1.29 is 24.1 Å². The van der Waals surface area contributed by atoms with Gasteiger partial charge >= 0.3 is 6.03 Å². The summed E-state index contributed by atoms with van der Waals surface area (Å²) < 4.78 is 0. The van der Waals surface area contributed by atoms with Gasteiger partial charge in [-0.25, -0.2) is 4.79 Å². The molecule has 1 fully saturated rings. The lowest BCUT2D eigenvalue weighted by Gasteiger charge is -2.31. The molecule has 130 valence electrons. The minimum atomic E-state index is -1.63. The number of nitro benzene ring substituents is 1. The second kappa shape index (κ2) is 6.91. The molecular weight excluding hydrogens is 332 g/mol. The largest absolute Gasteiger partial charge is 0.361 e. The van der Waals surface area contributed by atoms with Crippen LogP contribution in [0, 0.1) is 16.0 Å². The van der Waals surface area contributed by atoms with Crippen LogP contribution in [0.15, 0.2) is 36.5 Å². The van der Waals surface area contributed by atoms with Crippen molar-refractivity contribution in [1.29, 1.82) is 0 Å². The number of anilines is 1. The number of amides is 4. The average molecular weight is 346 g/mol. The van der Waals surface area contributed by atoms with Gasteiger partial charge in [0.2, 0.25) is 0 Å². The SMILES string of the molecule is CN1C(=O)C(C(=O)/C=C/Nc2cccc([N+](=O)[O-])c2)C(=O)N(C)C1=O. The van der Waals surface area contributed by atoms with E-state index in [-0.39, 0.29) is 5.69 Å². The molecule has 1 aromatic carbocycles. The van der Waals surface area contributed by atoms with Crippen molar-refractivity contribution in [2.75, 3.05) is 19.4 Å². The molecule has 0 saturated carbocycles. The number of barbiturate groups is 1. The molecule has 4 amide bonds. The lowest BCUT2D eigenvalue weighted by atomic mass is 9.99. The van der Waals surface area contributed by atoms with Crippen LogP contribution >= 0.6 is 0 Å². The Morgan fingerprint density at radius 3 is 2.36 bits per heavy atom. The molecular formula is C15H14N4O6. The van der Waals surface area contributed by atoms with Crippen LogP contribution in [0.4, 0.5) is 16.2 Å². The molecule has 10 nitrogen and oxygen atoms in total. The van der Waals surface area contributed by atoms with Gasteiger partial charge in [-0.05, 0) is 12.1 Å². The van der Waals surface area contributed by atoms with Crippen LogP contribution in [-0.2, 0) is 14.4 Å². The molecule has 0 aromatic heterocycles. The van der Waals surface area contributed by atoms with Crippen molar-refractivity contribution in [1.82, 2.24) is 9.80 Å². The fraction of sp³-hybridized carbons (Fsp3) is 0.200. The van der Waals surface area contributed by atoms with E-state index in [2.05, 4.69) is 5.32 Å². The molecule has 1 aliphatic heterocycles. The number of hydrogen-bond acceptors (Lipinski definition) is 7. The summed E-state index contributed by atoms with van der Waals surface area (Å²) >= 11 is 0. The van der Waals surface area contributed by atoms with Crippen molar-refractivity contribution in [3.8, 4) is 0 Å². The van der Waals surface area contributed by atoms with Crippen molar-refractivity contribution >= 4 is 35.0 Å². The van der Waals surface area contributed by atoms with E-state index < -0.39 is 34.5 Å². The van der Waals surface area contributed by atoms with Crippen LogP contribution in [0.1, 0.15) is 0 Å². The van der Waals surface area contributed by atoms with E-state index in [1.54, 1.807) is 6.07 Å². The van der Waals surface area contributed by atoms with Gasteiger partial charge in [0, 0.05) is 38.1 Å². The van der Waals surface area contributed by atoms with Gasteiger partial charge in [-0.3, -0.25) is 34.3 Å². The molecule has 0 unspecified atom stereocenters. The standard InChI is InChI=1S/C15H14N4O6/c1-17-13(21)12(14(22)18(2)15(17)23)11(20)6-7-16-9-4-3-5-10(8-9)19(24)25/h3-8,12,16H,1-2H3/b7-6+. The summed E-state index contributed by atoms with van der Waals surface area (Å²) in [6.45, 7) is 0. The Labute approximate surface area is 141 Å². The van der Waals surface area contributed by atoms with Gasteiger partial charge in [-0.15, -0.1) is 0 Å². The Bertz CT molecular complexity index is 779. The number of nitro groups is 1. The Kier molecular flexibility index (Phi) is 4.92. The maximum Gasteiger partial charge on any atom is 0.332 e. The second-order valence-electron chi connectivity index (χ2n) is 5.20. The molecule has 0 aliphatic carbocycles. The average Bonchev–Trinajstić information content (AvgIpc) is 2.58. The summed E-state index contributed by atoms with van der Waals surface area (Å²) in [5.74, 6) is -4.24. The van der Waals surface area contributed by atoms with Crippen molar-refractivity contribution in [3.63, 3.8) is 0 Å². The van der Waals surface area contributed by atoms with Crippen LogP contribution in [0.3, 0.4) is 0 Å². The van der Waals surface area contributed by atoms with E-state index in [0.717, 1.165) is 6.08 Å². The van der Waals surface area contributed by atoms with Crippen LogP contribution < -0.4 is 5.32 Å². The van der Waals surface area contributed by atoms with Crippen LogP contribution in [0.25, 0.3) is 0 Å². The van der Waals surface area contributed by atoms with Gasteiger partial charge in [-0.1, -0.05) is 6.07 Å². The Hall–Kier alpha value is -3.56. The first-order valence-corrected chi connectivity index (χ1v) is 7.04. The first-order valence-electron chi connectivity index (χ1n) is 7.04. The highest BCUT2D eigenvalue weighted by molar-refractivity contribution is 6.28. The van der Waals surface area contributed by atoms with Gasteiger partial charge in [0.05, 0.1) is 4.92 Å². The van der Waals surface area contributed by atoms with E-state index in [1.807, 2.05) is 0 Å². The lowest BCUT2D eigenvalue weighted by molar-refractivity contribution is -0.384. The zero-order chi connectivity index (χ0) is 18.7. The smallest absolute Gasteiger partial charge is 0.332 e. The minimum absolute atomic E-state index is 0.135. The molecule has 1 saturated heterocycles. The number of nitrogens with one attached hydrogen (secondary N) is 1. The zero-order valence-electron chi connectivity index (χ0n) is 13.3. The fourth-order valence-corrected chi connectivity index (χ4v) is 2.18.